The summed E-state index contributed by atoms with van der Waals surface area (Å²) in [6.45, 7) is 0.0553. The molecule has 1 aromatic carbocycles. The Morgan fingerprint density at radius 2 is 2.00 bits per heavy atom. The highest BCUT2D eigenvalue weighted by Crippen LogP contribution is 2.10. The molecule has 0 aliphatic heterocycles. The van der Waals surface area contributed by atoms with Gasteiger partial charge in [-0.2, -0.15) is 0 Å². The van der Waals surface area contributed by atoms with E-state index in [9.17, 15) is 9.59 Å². The van der Waals surface area contributed by atoms with Crippen LogP contribution >= 0.6 is 22.9 Å². The molecule has 0 radical (unpaired) electrons. The van der Waals surface area contributed by atoms with Gasteiger partial charge in [0.2, 0.25) is 0 Å². The van der Waals surface area contributed by atoms with Gasteiger partial charge in [-0.25, -0.2) is 4.79 Å². The third kappa shape index (κ3) is 5.71. The van der Waals surface area contributed by atoms with Crippen LogP contribution in [0, 0.1) is 0 Å². The van der Waals surface area contributed by atoms with Crippen LogP contribution in [0.15, 0.2) is 47.9 Å². The van der Waals surface area contributed by atoms with Crippen LogP contribution in [-0.2, 0) is 20.9 Å². The van der Waals surface area contributed by atoms with Crippen molar-refractivity contribution in [2.75, 3.05) is 6.61 Å². The van der Waals surface area contributed by atoms with Crippen molar-refractivity contribution in [2.45, 2.75) is 6.54 Å². The van der Waals surface area contributed by atoms with Crippen molar-refractivity contribution < 1.29 is 14.3 Å². The largest absolute Gasteiger partial charge is 0.452 e. The Morgan fingerprint density at radius 3 is 2.68 bits per heavy atom. The third-order valence-electron chi connectivity index (χ3n) is 2.68. The fraction of sp³-hybridized carbons (Fsp3) is 0.125. The molecule has 1 amide bonds. The van der Waals surface area contributed by atoms with E-state index in [0.717, 1.165) is 10.4 Å². The molecule has 0 aliphatic rings. The number of amides is 1. The molecule has 0 atom stereocenters. The molecule has 0 spiro atoms. The molecule has 0 saturated carbocycles. The number of benzene rings is 1. The standard InChI is InChI=1S/C16H14ClNO3S/c17-13-5-3-12(4-6-13)10-18-15(19)11-21-16(20)8-7-14-2-1-9-22-14/h1-9H,10-11H2,(H,18,19)/b8-7+. The van der Waals surface area contributed by atoms with Crippen LogP contribution in [0.2, 0.25) is 5.02 Å². The number of ether oxygens (including phenoxy) is 1. The monoisotopic (exact) mass is 335 g/mol. The summed E-state index contributed by atoms with van der Waals surface area (Å²) in [6, 6.07) is 10.9. The van der Waals surface area contributed by atoms with E-state index in [1.54, 1.807) is 18.2 Å². The Kier molecular flexibility index (Phi) is 6.18. The van der Waals surface area contributed by atoms with Gasteiger partial charge in [0, 0.05) is 22.5 Å². The predicted octanol–water partition coefficient (Wildman–Crippen LogP) is 3.27. The van der Waals surface area contributed by atoms with Crippen molar-refractivity contribution in [2.24, 2.45) is 0 Å². The number of hydrogen-bond acceptors (Lipinski definition) is 4. The number of halogens is 1. The number of thiophene rings is 1. The molecule has 1 N–H and O–H groups in total. The summed E-state index contributed by atoms with van der Waals surface area (Å²) in [5, 5.41) is 5.21. The summed E-state index contributed by atoms with van der Waals surface area (Å²) >= 11 is 7.29. The first-order valence-corrected chi connectivity index (χ1v) is 7.79. The molecule has 2 aromatic rings. The smallest absolute Gasteiger partial charge is 0.331 e. The van der Waals surface area contributed by atoms with Gasteiger partial charge in [0.05, 0.1) is 0 Å². The van der Waals surface area contributed by atoms with E-state index in [1.807, 2.05) is 29.6 Å². The lowest BCUT2D eigenvalue weighted by molar-refractivity contribution is -0.143. The first-order valence-electron chi connectivity index (χ1n) is 6.53. The lowest BCUT2D eigenvalue weighted by Gasteiger charge is -2.05. The molecule has 114 valence electrons. The van der Waals surface area contributed by atoms with Gasteiger partial charge in [-0.3, -0.25) is 4.79 Å². The Hall–Kier alpha value is -2.11. The molecule has 4 nitrogen and oxygen atoms in total. The van der Waals surface area contributed by atoms with Gasteiger partial charge in [-0.05, 0) is 35.2 Å². The first-order chi connectivity index (χ1) is 10.6. The summed E-state index contributed by atoms with van der Waals surface area (Å²) in [5.41, 5.74) is 0.918. The molecular weight excluding hydrogens is 322 g/mol. The summed E-state index contributed by atoms with van der Waals surface area (Å²) in [4.78, 5) is 24.0. The minimum atomic E-state index is -0.546. The molecule has 0 fully saturated rings. The summed E-state index contributed by atoms with van der Waals surface area (Å²) < 4.78 is 4.86. The minimum Gasteiger partial charge on any atom is -0.452 e. The molecule has 6 heteroatoms. The second kappa shape index (κ2) is 8.36. The van der Waals surface area contributed by atoms with E-state index in [1.165, 1.54) is 17.4 Å². The quantitative estimate of drug-likeness (QED) is 0.651. The number of rotatable bonds is 6. The second-order valence-electron chi connectivity index (χ2n) is 4.36. The van der Waals surface area contributed by atoms with Crippen molar-refractivity contribution >= 4 is 40.9 Å². The highest BCUT2D eigenvalue weighted by atomic mass is 35.5. The van der Waals surface area contributed by atoms with Crippen molar-refractivity contribution in [1.29, 1.82) is 0 Å². The van der Waals surface area contributed by atoms with Crippen LogP contribution < -0.4 is 5.32 Å². The highest BCUT2D eigenvalue weighted by molar-refractivity contribution is 7.10. The molecule has 0 bridgehead atoms. The van der Waals surface area contributed by atoms with Gasteiger partial charge in [-0.1, -0.05) is 29.8 Å². The normalized spacial score (nSPS) is 10.6. The maximum absolute atomic E-state index is 11.6. The zero-order chi connectivity index (χ0) is 15.8. The molecule has 1 heterocycles. The van der Waals surface area contributed by atoms with Crippen LogP contribution in [0.3, 0.4) is 0 Å². The number of carbonyl (C=O) groups excluding carboxylic acids is 2. The lowest BCUT2D eigenvalue weighted by atomic mass is 10.2. The van der Waals surface area contributed by atoms with Crippen molar-refractivity contribution in [3.05, 3.63) is 63.3 Å². The Labute approximate surface area is 137 Å². The maximum Gasteiger partial charge on any atom is 0.331 e. The molecule has 0 saturated heterocycles. The number of carbonyl (C=O) groups is 2. The van der Waals surface area contributed by atoms with Gasteiger partial charge in [0.25, 0.3) is 5.91 Å². The molecular formula is C16H14ClNO3S. The predicted molar refractivity (Wildman–Crippen MR) is 87.6 cm³/mol. The number of esters is 1. The summed E-state index contributed by atoms with van der Waals surface area (Å²) in [6.07, 6.45) is 2.96. The number of hydrogen-bond donors (Lipinski definition) is 1. The summed E-state index contributed by atoms with van der Waals surface area (Å²) in [7, 11) is 0. The van der Waals surface area contributed by atoms with Gasteiger partial charge in [-0.15, -0.1) is 11.3 Å². The Morgan fingerprint density at radius 1 is 1.23 bits per heavy atom. The van der Waals surface area contributed by atoms with Crippen LogP contribution in [0.25, 0.3) is 6.08 Å². The molecule has 0 aliphatic carbocycles. The topological polar surface area (TPSA) is 55.4 Å². The van der Waals surface area contributed by atoms with E-state index in [2.05, 4.69) is 5.32 Å². The van der Waals surface area contributed by atoms with Crippen molar-refractivity contribution in [3.63, 3.8) is 0 Å². The van der Waals surface area contributed by atoms with Gasteiger partial charge < -0.3 is 10.1 Å². The van der Waals surface area contributed by atoms with Gasteiger partial charge in [0.15, 0.2) is 6.61 Å². The van der Waals surface area contributed by atoms with Gasteiger partial charge in [0.1, 0.15) is 0 Å². The molecule has 0 unspecified atom stereocenters. The Balaban J connectivity index is 1.68. The van der Waals surface area contributed by atoms with Gasteiger partial charge >= 0.3 is 5.97 Å². The SMILES string of the molecule is O=C(COC(=O)/C=C/c1cccs1)NCc1ccc(Cl)cc1. The van der Waals surface area contributed by atoms with E-state index in [-0.39, 0.29) is 12.5 Å². The van der Waals surface area contributed by atoms with Crippen LogP contribution in [0.1, 0.15) is 10.4 Å². The number of nitrogens with one attached hydrogen (secondary N) is 1. The van der Waals surface area contributed by atoms with Crippen molar-refractivity contribution in [1.82, 2.24) is 5.32 Å². The fourth-order valence-electron chi connectivity index (χ4n) is 1.57. The summed E-state index contributed by atoms with van der Waals surface area (Å²) in [5.74, 6) is -0.900. The first kappa shape index (κ1) is 16.3. The molecule has 2 rings (SSSR count). The van der Waals surface area contributed by atoms with Crippen molar-refractivity contribution in [3.8, 4) is 0 Å². The van der Waals surface area contributed by atoms with E-state index in [0.29, 0.717) is 11.6 Å². The molecule has 1 aromatic heterocycles. The highest BCUT2D eigenvalue weighted by Gasteiger charge is 2.05. The zero-order valence-corrected chi connectivity index (χ0v) is 13.2. The minimum absolute atomic E-state index is 0.304. The van der Waals surface area contributed by atoms with E-state index < -0.39 is 5.97 Å². The fourth-order valence-corrected chi connectivity index (χ4v) is 2.32. The molecule has 22 heavy (non-hydrogen) atoms. The van der Waals surface area contributed by atoms with E-state index >= 15 is 0 Å². The van der Waals surface area contributed by atoms with Crippen LogP contribution in [0.5, 0.6) is 0 Å². The third-order valence-corrected chi connectivity index (χ3v) is 3.76. The zero-order valence-electron chi connectivity index (χ0n) is 11.6. The van der Waals surface area contributed by atoms with Crippen LogP contribution in [-0.4, -0.2) is 18.5 Å². The average molecular weight is 336 g/mol. The van der Waals surface area contributed by atoms with E-state index in [4.69, 9.17) is 16.3 Å². The maximum atomic E-state index is 11.6. The lowest BCUT2D eigenvalue weighted by Crippen LogP contribution is -2.28. The second-order valence-corrected chi connectivity index (χ2v) is 5.78. The van der Waals surface area contributed by atoms with Crippen LogP contribution in [0.4, 0.5) is 0 Å². The average Bonchev–Trinajstić information content (AvgIpc) is 3.04. The Bertz CT molecular complexity index is 651.